The summed E-state index contributed by atoms with van der Waals surface area (Å²) in [5.74, 6) is 0. The number of rotatable bonds is 2. The maximum atomic E-state index is 5.69. The maximum Gasteiger partial charge on any atom is 0.0980 e. The van der Waals surface area contributed by atoms with Crippen molar-refractivity contribution in [3.05, 3.63) is 170 Å². The Kier molecular flexibility index (Phi) is 5.70. The van der Waals surface area contributed by atoms with Crippen molar-refractivity contribution < 1.29 is 0 Å². The number of hydrogen-bond donors (Lipinski definition) is 0. The molecule has 11 rings (SSSR count). The summed E-state index contributed by atoms with van der Waals surface area (Å²) in [5, 5.41) is 14.6. The molecular weight excluding hydrogens is 605 g/mol. The molecule has 2 heteroatoms. The van der Waals surface area contributed by atoms with E-state index in [9.17, 15) is 0 Å². The Balaban J connectivity index is 1.42. The maximum absolute atomic E-state index is 5.69. The molecule has 2 nitrogen and oxygen atoms in total. The van der Waals surface area contributed by atoms with Gasteiger partial charge in [0.05, 0.1) is 22.1 Å². The molecule has 0 aliphatic carbocycles. The van der Waals surface area contributed by atoms with Crippen LogP contribution in [0, 0.1) is 0 Å². The van der Waals surface area contributed by atoms with Crippen LogP contribution in [0.2, 0.25) is 0 Å². The zero-order chi connectivity index (χ0) is 32.8. The average Bonchev–Trinajstić information content (AvgIpc) is 3.19. The normalized spacial score (nSPS) is 12.0. The highest BCUT2D eigenvalue weighted by atomic mass is 14.8. The van der Waals surface area contributed by atoms with Gasteiger partial charge in [-0.25, -0.2) is 9.97 Å². The molecule has 50 heavy (non-hydrogen) atoms. The van der Waals surface area contributed by atoms with Gasteiger partial charge in [0.1, 0.15) is 0 Å². The lowest BCUT2D eigenvalue weighted by atomic mass is 9.88. The van der Waals surface area contributed by atoms with Crippen molar-refractivity contribution in [2.24, 2.45) is 0 Å². The third kappa shape index (κ3) is 3.85. The van der Waals surface area contributed by atoms with Crippen LogP contribution in [0.1, 0.15) is 0 Å². The monoisotopic (exact) mass is 632 g/mol. The van der Waals surface area contributed by atoms with Gasteiger partial charge in [-0.2, -0.15) is 0 Å². The molecule has 0 fully saturated rings. The van der Waals surface area contributed by atoms with Crippen LogP contribution in [0.25, 0.3) is 109 Å². The molecule has 0 saturated carbocycles. The standard InChI is InChI=1S/C48H28N2/c1-3-11-29(12-4-1)37-27-28-40-48(43(37)32-15-5-2-6-16-32)50-47-39-26-24-34-22-20-31-14-8-10-18-36(31)42(34)45(39)44-38(46(47)49-40)25-23-33-21-19-30-13-7-9-17-35(30)41(33)44/h1-28H. The summed E-state index contributed by atoms with van der Waals surface area (Å²) in [6.07, 6.45) is 0. The van der Waals surface area contributed by atoms with Crippen molar-refractivity contribution in [2.45, 2.75) is 0 Å². The summed E-state index contributed by atoms with van der Waals surface area (Å²) in [7, 11) is 0. The number of nitrogens with zero attached hydrogens (tertiary/aromatic N) is 2. The van der Waals surface area contributed by atoms with Crippen molar-refractivity contribution in [2.75, 3.05) is 0 Å². The number of hydrogen-bond acceptors (Lipinski definition) is 2. The Morgan fingerprint density at radius 2 is 0.760 bits per heavy atom. The second-order valence-corrected chi connectivity index (χ2v) is 13.3. The molecular formula is C48H28N2. The lowest BCUT2D eigenvalue weighted by molar-refractivity contribution is 1.41. The summed E-state index contributed by atoms with van der Waals surface area (Å²) in [6, 6.07) is 61.2. The highest BCUT2D eigenvalue weighted by Gasteiger charge is 2.21. The topological polar surface area (TPSA) is 25.8 Å². The average molecular weight is 633 g/mol. The van der Waals surface area contributed by atoms with Gasteiger partial charge < -0.3 is 0 Å². The summed E-state index contributed by atoms with van der Waals surface area (Å²) >= 11 is 0. The molecule has 0 amide bonds. The van der Waals surface area contributed by atoms with Crippen molar-refractivity contribution in [3.63, 3.8) is 0 Å². The lowest BCUT2D eigenvalue weighted by Crippen LogP contribution is -1.96. The van der Waals surface area contributed by atoms with Crippen LogP contribution in [0.3, 0.4) is 0 Å². The molecule has 0 aliphatic rings. The third-order valence-corrected chi connectivity index (χ3v) is 10.6. The molecule has 0 N–H and O–H groups in total. The van der Waals surface area contributed by atoms with E-state index in [2.05, 4.69) is 170 Å². The first-order chi connectivity index (χ1) is 24.8. The zero-order valence-electron chi connectivity index (χ0n) is 27.1. The van der Waals surface area contributed by atoms with E-state index in [0.717, 1.165) is 55.1 Å². The van der Waals surface area contributed by atoms with Gasteiger partial charge in [-0.15, -0.1) is 0 Å². The quantitative estimate of drug-likeness (QED) is 0.140. The van der Waals surface area contributed by atoms with Gasteiger partial charge >= 0.3 is 0 Å². The third-order valence-electron chi connectivity index (χ3n) is 10.6. The van der Waals surface area contributed by atoms with Gasteiger partial charge in [-0.05, 0) is 65.8 Å². The minimum Gasteiger partial charge on any atom is -0.244 e. The van der Waals surface area contributed by atoms with Crippen LogP contribution in [-0.2, 0) is 0 Å². The van der Waals surface area contributed by atoms with Gasteiger partial charge in [0.2, 0.25) is 0 Å². The number of aromatic nitrogens is 2. The first kappa shape index (κ1) is 27.3. The Morgan fingerprint density at radius 3 is 1.36 bits per heavy atom. The van der Waals surface area contributed by atoms with Gasteiger partial charge in [0.15, 0.2) is 0 Å². The smallest absolute Gasteiger partial charge is 0.0980 e. The molecule has 0 atom stereocenters. The minimum atomic E-state index is 0.890. The van der Waals surface area contributed by atoms with E-state index in [1.807, 2.05) is 0 Å². The summed E-state index contributed by atoms with van der Waals surface area (Å²) in [5.41, 5.74) is 8.21. The summed E-state index contributed by atoms with van der Waals surface area (Å²) in [6.45, 7) is 0. The first-order valence-electron chi connectivity index (χ1n) is 17.2. The fourth-order valence-corrected chi connectivity index (χ4v) is 8.36. The largest absolute Gasteiger partial charge is 0.244 e. The van der Waals surface area contributed by atoms with E-state index in [-0.39, 0.29) is 0 Å². The van der Waals surface area contributed by atoms with Gasteiger partial charge in [-0.3, -0.25) is 0 Å². The second-order valence-electron chi connectivity index (χ2n) is 13.3. The van der Waals surface area contributed by atoms with Gasteiger partial charge in [0.25, 0.3) is 0 Å². The van der Waals surface area contributed by atoms with E-state index in [0.29, 0.717) is 0 Å². The molecule has 0 aliphatic heterocycles. The predicted molar refractivity (Wildman–Crippen MR) is 213 cm³/mol. The fraction of sp³-hybridized carbons (Fsp3) is 0. The highest BCUT2D eigenvalue weighted by Crippen LogP contribution is 2.46. The molecule has 0 unspecified atom stereocenters. The summed E-state index contributed by atoms with van der Waals surface area (Å²) in [4.78, 5) is 11.2. The number of benzene rings is 10. The molecule has 230 valence electrons. The predicted octanol–water partition coefficient (Wildman–Crippen LogP) is 13.0. The Hall–Kier alpha value is -6.64. The highest BCUT2D eigenvalue weighted by molar-refractivity contribution is 6.40. The Bertz CT molecular complexity index is 3180. The van der Waals surface area contributed by atoms with Crippen LogP contribution in [0.5, 0.6) is 0 Å². The van der Waals surface area contributed by atoms with Crippen LogP contribution >= 0.6 is 0 Å². The number of fused-ring (bicyclic) bond motifs is 15. The van der Waals surface area contributed by atoms with Gasteiger partial charge in [-0.1, -0.05) is 164 Å². The van der Waals surface area contributed by atoms with Crippen molar-refractivity contribution in [3.8, 4) is 22.3 Å². The van der Waals surface area contributed by atoms with Crippen LogP contribution in [0.15, 0.2) is 170 Å². The van der Waals surface area contributed by atoms with E-state index in [1.165, 1.54) is 53.9 Å². The Morgan fingerprint density at radius 1 is 0.280 bits per heavy atom. The second kappa shape index (κ2) is 10.4. The van der Waals surface area contributed by atoms with E-state index in [4.69, 9.17) is 9.97 Å². The lowest BCUT2D eigenvalue weighted by Gasteiger charge is -2.18. The van der Waals surface area contributed by atoms with E-state index >= 15 is 0 Å². The fourth-order valence-electron chi connectivity index (χ4n) is 8.36. The summed E-state index contributed by atoms with van der Waals surface area (Å²) < 4.78 is 0. The van der Waals surface area contributed by atoms with Crippen molar-refractivity contribution in [1.29, 1.82) is 0 Å². The van der Waals surface area contributed by atoms with E-state index < -0.39 is 0 Å². The van der Waals surface area contributed by atoms with Crippen molar-refractivity contribution in [1.82, 2.24) is 9.97 Å². The van der Waals surface area contributed by atoms with Crippen LogP contribution < -0.4 is 0 Å². The molecule has 0 radical (unpaired) electrons. The molecule has 0 bridgehead atoms. The molecule has 0 spiro atoms. The molecule has 1 aromatic heterocycles. The van der Waals surface area contributed by atoms with E-state index in [1.54, 1.807) is 0 Å². The first-order valence-corrected chi connectivity index (χ1v) is 17.2. The van der Waals surface area contributed by atoms with Crippen molar-refractivity contribution >= 4 is 86.7 Å². The Labute approximate surface area is 287 Å². The van der Waals surface area contributed by atoms with Crippen LogP contribution in [0.4, 0.5) is 0 Å². The zero-order valence-corrected chi connectivity index (χ0v) is 27.1. The molecule has 0 saturated heterocycles. The molecule has 1 heterocycles. The molecule has 11 aromatic rings. The minimum absolute atomic E-state index is 0.890. The SMILES string of the molecule is c1ccc(-c2ccc3nc4c5ccc6ccc7ccccc7c6c5c5c(ccc6ccc7ccccc7c65)c4nc3c2-c2ccccc2)cc1. The van der Waals surface area contributed by atoms with Crippen LogP contribution in [-0.4, -0.2) is 9.97 Å². The molecule has 10 aromatic carbocycles. The van der Waals surface area contributed by atoms with Gasteiger partial charge in [0, 0.05) is 27.1 Å².